The molecule has 2 aliphatic rings. The summed E-state index contributed by atoms with van der Waals surface area (Å²) in [6, 6.07) is 0. The van der Waals surface area contributed by atoms with Gasteiger partial charge in [-0.05, 0) is 12.8 Å². The van der Waals surface area contributed by atoms with Gasteiger partial charge in [0.05, 0.1) is 31.5 Å². The van der Waals surface area contributed by atoms with Gasteiger partial charge in [0.15, 0.2) is 5.79 Å². The summed E-state index contributed by atoms with van der Waals surface area (Å²) >= 11 is 0. The van der Waals surface area contributed by atoms with Gasteiger partial charge in [0.1, 0.15) is 0 Å². The van der Waals surface area contributed by atoms with Gasteiger partial charge in [-0.15, -0.1) is 0 Å². The summed E-state index contributed by atoms with van der Waals surface area (Å²) in [5.41, 5.74) is -0.981. The van der Waals surface area contributed by atoms with E-state index in [1.807, 2.05) is 0 Å². The molecule has 0 bridgehead atoms. The van der Waals surface area contributed by atoms with Crippen molar-refractivity contribution < 1.29 is 24.8 Å². The molecule has 16 heavy (non-hydrogen) atoms. The molecule has 1 aliphatic heterocycles. The number of hydrogen-bond acceptors (Lipinski definition) is 5. The minimum atomic E-state index is -0.981. The van der Waals surface area contributed by atoms with Gasteiger partial charge in [0.2, 0.25) is 0 Å². The van der Waals surface area contributed by atoms with E-state index in [0.29, 0.717) is 26.1 Å². The number of hydrogen-bond donors (Lipinski definition) is 3. The van der Waals surface area contributed by atoms with E-state index in [2.05, 4.69) is 0 Å². The quantitative estimate of drug-likeness (QED) is 0.627. The molecule has 2 fully saturated rings. The molecule has 94 valence electrons. The van der Waals surface area contributed by atoms with Crippen molar-refractivity contribution in [1.29, 1.82) is 0 Å². The van der Waals surface area contributed by atoms with Gasteiger partial charge in [-0.3, -0.25) is 0 Å². The number of rotatable bonds is 3. The molecule has 1 saturated heterocycles. The van der Waals surface area contributed by atoms with Gasteiger partial charge < -0.3 is 24.8 Å². The van der Waals surface area contributed by atoms with Crippen LogP contribution in [0.5, 0.6) is 0 Å². The molecule has 0 aromatic heterocycles. The number of aliphatic hydroxyl groups is 3. The van der Waals surface area contributed by atoms with Crippen LogP contribution in [-0.4, -0.2) is 52.6 Å². The van der Waals surface area contributed by atoms with Crippen molar-refractivity contribution in [2.24, 2.45) is 0 Å². The molecule has 1 heterocycles. The Balaban J connectivity index is 1.99. The van der Waals surface area contributed by atoms with Crippen LogP contribution in [0.1, 0.15) is 32.1 Å². The normalized spacial score (nSPS) is 35.4. The van der Waals surface area contributed by atoms with E-state index in [-0.39, 0.29) is 13.0 Å². The Morgan fingerprint density at radius 1 is 1.19 bits per heavy atom. The summed E-state index contributed by atoms with van der Waals surface area (Å²) in [6.07, 6.45) is 1.92. The zero-order valence-corrected chi connectivity index (χ0v) is 9.39. The average molecular weight is 232 g/mol. The fourth-order valence-corrected chi connectivity index (χ4v) is 2.79. The second-order valence-corrected chi connectivity index (χ2v) is 4.90. The summed E-state index contributed by atoms with van der Waals surface area (Å²) < 4.78 is 11.1. The largest absolute Gasteiger partial charge is 0.394 e. The maximum absolute atomic E-state index is 10.4. The first-order valence-electron chi connectivity index (χ1n) is 5.87. The van der Waals surface area contributed by atoms with Crippen LogP contribution in [0.15, 0.2) is 0 Å². The highest BCUT2D eigenvalue weighted by atomic mass is 16.7. The Bertz CT molecular complexity index is 239. The van der Waals surface area contributed by atoms with Crippen LogP contribution in [0.3, 0.4) is 0 Å². The smallest absolute Gasteiger partial charge is 0.171 e. The summed E-state index contributed by atoms with van der Waals surface area (Å²) in [6.45, 7) is 0.814. The van der Waals surface area contributed by atoms with Crippen molar-refractivity contribution in [1.82, 2.24) is 0 Å². The Morgan fingerprint density at radius 2 is 1.88 bits per heavy atom. The highest BCUT2D eigenvalue weighted by Gasteiger charge is 2.48. The lowest BCUT2D eigenvalue weighted by atomic mass is 9.77. The first-order chi connectivity index (χ1) is 7.58. The summed E-state index contributed by atoms with van der Waals surface area (Å²) in [4.78, 5) is 0. The molecule has 2 atom stereocenters. The molecule has 5 nitrogen and oxygen atoms in total. The molecule has 0 radical (unpaired) electrons. The van der Waals surface area contributed by atoms with Crippen LogP contribution in [0.2, 0.25) is 0 Å². The molecular weight excluding hydrogens is 212 g/mol. The van der Waals surface area contributed by atoms with Crippen LogP contribution >= 0.6 is 0 Å². The van der Waals surface area contributed by atoms with E-state index in [4.69, 9.17) is 14.6 Å². The maximum atomic E-state index is 10.4. The monoisotopic (exact) mass is 232 g/mol. The topological polar surface area (TPSA) is 79.2 Å². The van der Waals surface area contributed by atoms with E-state index >= 15 is 0 Å². The van der Waals surface area contributed by atoms with Crippen molar-refractivity contribution in [3.05, 3.63) is 0 Å². The maximum Gasteiger partial charge on any atom is 0.171 e. The van der Waals surface area contributed by atoms with E-state index in [1.54, 1.807) is 0 Å². The van der Waals surface area contributed by atoms with Crippen LogP contribution in [0.4, 0.5) is 0 Å². The first-order valence-corrected chi connectivity index (χ1v) is 5.87. The van der Waals surface area contributed by atoms with Crippen molar-refractivity contribution in [2.75, 3.05) is 19.8 Å². The van der Waals surface area contributed by atoms with Crippen LogP contribution in [0.25, 0.3) is 0 Å². The molecule has 1 aliphatic carbocycles. The molecule has 0 amide bonds. The van der Waals surface area contributed by atoms with Gasteiger partial charge in [-0.25, -0.2) is 0 Å². The fraction of sp³-hybridized carbons (Fsp3) is 1.00. The molecular formula is C11H20O5. The third-order valence-corrected chi connectivity index (χ3v) is 3.44. The SMILES string of the molecule is OCC(O)CC1(O)CCCC2(C1)OCCO2. The van der Waals surface area contributed by atoms with E-state index < -0.39 is 17.5 Å². The van der Waals surface area contributed by atoms with Gasteiger partial charge >= 0.3 is 0 Å². The minimum Gasteiger partial charge on any atom is -0.394 e. The second-order valence-electron chi connectivity index (χ2n) is 4.90. The molecule has 0 aromatic carbocycles. The third kappa shape index (κ3) is 2.55. The van der Waals surface area contributed by atoms with Gasteiger partial charge in [-0.2, -0.15) is 0 Å². The standard InChI is InChI=1S/C11H20O5/c12-7-9(13)6-10(14)2-1-3-11(8-10)15-4-5-16-11/h9,12-14H,1-8H2. The molecule has 1 spiro atoms. The Labute approximate surface area is 95.0 Å². The lowest BCUT2D eigenvalue weighted by Gasteiger charge is -2.42. The zero-order valence-electron chi connectivity index (χ0n) is 9.39. The predicted octanol–water partition coefficient (Wildman–Crippen LogP) is -0.222. The summed E-state index contributed by atoms with van der Waals surface area (Å²) in [5, 5.41) is 28.6. The average Bonchev–Trinajstić information content (AvgIpc) is 2.65. The molecule has 2 unspecified atom stereocenters. The molecule has 5 heteroatoms. The Hall–Kier alpha value is -0.200. The van der Waals surface area contributed by atoms with Crippen molar-refractivity contribution in [3.63, 3.8) is 0 Å². The van der Waals surface area contributed by atoms with Crippen LogP contribution < -0.4 is 0 Å². The Morgan fingerprint density at radius 3 is 2.50 bits per heavy atom. The van der Waals surface area contributed by atoms with E-state index in [9.17, 15) is 10.2 Å². The predicted molar refractivity (Wildman–Crippen MR) is 55.8 cm³/mol. The lowest BCUT2D eigenvalue weighted by Crippen LogP contribution is -2.48. The van der Waals surface area contributed by atoms with Crippen molar-refractivity contribution in [2.45, 2.75) is 49.6 Å². The Kier molecular flexibility index (Phi) is 3.51. The zero-order chi connectivity index (χ0) is 11.6. The molecule has 1 saturated carbocycles. The first kappa shape index (κ1) is 12.3. The summed E-state index contributed by atoms with van der Waals surface area (Å²) in [7, 11) is 0. The number of ether oxygens (including phenoxy) is 2. The van der Waals surface area contributed by atoms with Crippen LogP contribution in [0, 0.1) is 0 Å². The van der Waals surface area contributed by atoms with E-state index in [0.717, 1.165) is 12.8 Å². The van der Waals surface area contributed by atoms with Gasteiger partial charge in [0, 0.05) is 19.3 Å². The minimum absolute atomic E-state index is 0.179. The lowest BCUT2D eigenvalue weighted by molar-refractivity contribution is -0.222. The molecule has 0 aromatic rings. The number of aliphatic hydroxyl groups excluding tert-OH is 2. The van der Waals surface area contributed by atoms with Crippen molar-refractivity contribution in [3.8, 4) is 0 Å². The van der Waals surface area contributed by atoms with E-state index in [1.165, 1.54) is 0 Å². The van der Waals surface area contributed by atoms with Crippen molar-refractivity contribution >= 4 is 0 Å². The van der Waals surface area contributed by atoms with Gasteiger partial charge in [-0.1, -0.05) is 0 Å². The van der Waals surface area contributed by atoms with Crippen LogP contribution in [-0.2, 0) is 9.47 Å². The summed E-state index contributed by atoms with van der Waals surface area (Å²) in [5.74, 6) is -0.651. The highest BCUT2D eigenvalue weighted by Crippen LogP contribution is 2.42. The molecule has 2 rings (SSSR count). The third-order valence-electron chi connectivity index (χ3n) is 3.44. The van der Waals surface area contributed by atoms with Gasteiger partial charge in [0.25, 0.3) is 0 Å². The second kappa shape index (κ2) is 4.58. The highest BCUT2D eigenvalue weighted by molar-refractivity contribution is 4.94. The fourth-order valence-electron chi connectivity index (χ4n) is 2.79. The molecule has 3 N–H and O–H groups in total.